The summed E-state index contributed by atoms with van der Waals surface area (Å²) in [6.45, 7) is 7.38. The number of hydrogen-bond donors (Lipinski definition) is 1. The fourth-order valence-electron chi connectivity index (χ4n) is 3.87. The smallest absolute Gasteiger partial charge is 0.234 e. The molecule has 1 amide bonds. The Kier molecular flexibility index (Phi) is 3.81. The number of nitrogens with one attached hydrogen (secondary N) is 1. The number of nitrogens with zero attached hydrogens (tertiary/aromatic N) is 2. The molecule has 0 aromatic carbocycles. The second kappa shape index (κ2) is 5.41. The van der Waals surface area contributed by atoms with E-state index in [4.69, 9.17) is 0 Å². The Bertz CT molecular complexity index is 340. The first-order valence-electron chi connectivity index (χ1n) is 7.92. The van der Waals surface area contributed by atoms with Gasteiger partial charge in [-0.2, -0.15) is 0 Å². The van der Waals surface area contributed by atoms with E-state index in [0.29, 0.717) is 24.7 Å². The summed E-state index contributed by atoms with van der Waals surface area (Å²) in [5.41, 5.74) is 0. The van der Waals surface area contributed by atoms with Crippen LogP contribution in [0.25, 0.3) is 0 Å². The molecule has 2 bridgehead atoms. The second-order valence-corrected chi connectivity index (χ2v) is 6.79. The molecular weight excluding hydrogens is 238 g/mol. The van der Waals surface area contributed by atoms with Crippen LogP contribution < -0.4 is 5.32 Å². The van der Waals surface area contributed by atoms with Gasteiger partial charge in [0.25, 0.3) is 0 Å². The molecular formula is C15H27N3O. The Morgan fingerprint density at radius 1 is 1.16 bits per heavy atom. The maximum absolute atomic E-state index is 11.9. The van der Waals surface area contributed by atoms with E-state index in [1.807, 2.05) is 0 Å². The largest absolute Gasteiger partial charge is 0.352 e. The third-order valence-electron chi connectivity index (χ3n) is 4.83. The van der Waals surface area contributed by atoms with E-state index < -0.39 is 0 Å². The van der Waals surface area contributed by atoms with Crippen molar-refractivity contribution in [1.29, 1.82) is 0 Å². The minimum atomic E-state index is 0.233. The lowest BCUT2D eigenvalue weighted by atomic mass is 10.1. The summed E-state index contributed by atoms with van der Waals surface area (Å²) in [4.78, 5) is 17.0. The zero-order valence-electron chi connectivity index (χ0n) is 12.3. The highest BCUT2D eigenvalue weighted by atomic mass is 16.2. The quantitative estimate of drug-likeness (QED) is 0.830. The third kappa shape index (κ3) is 3.11. The number of hydrogen-bond acceptors (Lipinski definition) is 3. The number of carbonyl (C=O) groups is 1. The Morgan fingerprint density at radius 3 is 2.58 bits per heavy atom. The summed E-state index contributed by atoms with van der Waals surface area (Å²) in [6, 6.07) is 2.54. The van der Waals surface area contributed by atoms with Crippen LogP contribution in [-0.4, -0.2) is 59.5 Å². The van der Waals surface area contributed by atoms with Crippen molar-refractivity contribution < 1.29 is 4.79 Å². The topological polar surface area (TPSA) is 35.6 Å². The van der Waals surface area contributed by atoms with E-state index in [2.05, 4.69) is 29.0 Å². The molecule has 19 heavy (non-hydrogen) atoms. The van der Waals surface area contributed by atoms with Crippen molar-refractivity contribution >= 4 is 5.91 Å². The van der Waals surface area contributed by atoms with Gasteiger partial charge in [-0.05, 0) is 46.0 Å². The Morgan fingerprint density at radius 2 is 1.89 bits per heavy atom. The number of likely N-dealkylation sites (tertiary alicyclic amines) is 1. The van der Waals surface area contributed by atoms with Gasteiger partial charge >= 0.3 is 0 Å². The minimum Gasteiger partial charge on any atom is -0.352 e. The molecule has 3 aliphatic rings. The number of carbonyl (C=O) groups excluding carboxylic acids is 1. The van der Waals surface area contributed by atoms with Crippen LogP contribution >= 0.6 is 0 Å². The van der Waals surface area contributed by atoms with Crippen LogP contribution in [0, 0.1) is 0 Å². The molecule has 0 radical (unpaired) electrons. The number of amides is 1. The average molecular weight is 265 g/mol. The van der Waals surface area contributed by atoms with Gasteiger partial charge in [-0.1, -0.05) is 0 Å². The normalized spacial score (nSPS) is 32.6. The van der Waals surface area contributed by atoms with Crippen LogP contribution in [0.1, 0.15) is 46.0 Å². The molecule has 4 nitrogen and oxygen atoms in total. The van der Waals surface area contributed by atoms with Crippen molar-refractivity contribution in [2.24, 2.45) is 0 Å². The standard InChI is InChI=1S/C15H27N3O/c1-11(2)18-13-5-6-14(18)9-17(8-7-13)10-15(19)16-12-3-4-12/h11-14H,3-10H2,1-2H3,(H,16,19). The molecule has 1 saturated carbocycles. The van der Waals surface area contributed by atoms with Gasteiger partial charge in [0.05, 0.1) is 6.54 Å². The maximum Gasteiger partial charge on any atom is 0.234 e. The highest BCUT2D eigenvalue weighted by Gasteiger charge is 2.38. The molecule has 1 N–H and O–H groups in total. The fourth-order valence-corrected chi connectivity index (χ4v) is 3.87. The molecule has 2 unspecified atom stereocenters. The van der Waals surface area contributed by atoms with E-state index >= 15 is 0 Å². The summed E-state index contributed by atoms with van der Waals surface area (Å²) >= 11 is 0. The van der Waals surface area contributed by atoms with Gasteiger partial charge in [0.15, 0.2) is 0 Å². The molecule has 2 aliphatic heterocycles. The van der Waals surface area contributed by atoms with Crippen LogP contribution in [-0.2, 0) is 4.79 Å². The zero-order chi connectivity index (χ0) is 13.4. The van der Waals surface area contributed by atoms with E-state index in [1.54, 1.807) is 0 Å². The van der Waals surface area contributed by atoms with Gasteiger partial charge in [0.2, 0.25) is 5.91 Å². The molecule has 0 aromatic heterocycles. The van der Waals surface area contributed by atoms with Gasteiger partial charge in [0.1, 0.15) is 0 Å². The van der Waals surface area contributed by atoms with E-state index in [9.17, 15) is 4.79 Å². The first-order valence-corrected chi connectivity index (χ1v) is 7.92. The predicted octanol–water partition coefficient (Wildman–Crippen LogP) is 1.21. The lowest BCUT2D eigenvalue weighted by molar-refractivity contribution is -0.122. The molecule has 2 heterocycles. The van der Waals surface area contributed by atoms with E-state index in [1.165, 1.54) is 32.1 Å². The minimum absolute atomic E-state index is 0.233. The first kappa shape index (κ1) is 13.4. The fraction of sp³-hybridized carbons (Fsp3) is 0.933. The third-order valence-corrected chi connectivity index (χ3v) is 4.83. The van der Waals surface area contributed by atoms with Crippen LogP contribution in [0.4, 0.5) is 0 Å². The SMILES string of the molecule is CC(C)N1C2CCC1CN(CC(=O)NC1CC1)CC2. The van der Waals surface area contributed by atoms with Crippen molar-refractivity contribution in [3.63, 3.8) is 0 Å². The van der Waals surface area contributed by atoms with Gasteiger partial charge in [-0.25, -0.2) is 0 Å². The zero-order valence-corrected chi connectivity index (χ0v) is 12.3. The van der Waals surface area contributed by atoms with Gasteiger partial charge in [0, 0.05) is 37.3 Å². The van der Waals surface area contributed by atoms with Crippen LogP contribution in [0.2, 0.25) is 0 Å². The van der Waals surface area contributed by atoms with E-state index in [-0.39, 0.29) is 5.91 Å². The second-order valence-electron chi connectivity index (χ2n) is 6.79. The van der Waals surface area contributed by atoms with Crippen molar-refractivity contribution in [3.8, 4) is 0 Å². The van der Waals surface area contributed by atoms with Crippen LogP contribution in [0.15, 0.2) is 0 Å². The summed E-state index contributed by atoms with van der Waals surface area (Å²) in [7, 11) is 0. The molecule has 0 aromatic rings. The summed E-state index contributed by atoms with van der Waals surface area (Å²) in [6.07, 6.45) is 6.25. The molecule has 2 saturated heterocycles. The van der Waals surface area contributed by atoms with Crippen molar-refractivity contribution in [1.82, 2.24) is 15.1 Å². The molecule has 3 rings (SSSR count). The summed E-state index contributed by atoms with van der Waals surface area (Å²) in [5, 5.41) is 3.11. The summed E-state index contributed by atoms with van der Waals surface area (Å²) in [5.74, 6) is 0.233. The average Bonchev–Trinajstić information content (AvgIpc) is 3.05. The predicted molar refractivity (Wildman–Crippen MR) is 76.0 cm³/mol. The monoisotopic (exact) mass is 265 g/mol. The van der Waals surface area contributed by atoms with Gasteiger partial charge in [-0.3, -0.25) is 14.6 Å². The lowest BCUT2D eigenvalue weighted by Gasteiger charge is -2.32. The van der Waals surface area contributed by atoms with Crippen molar-refractivity contribution in [3.05, 3.63) is 0 Å². The van der Waals surface area contributed by atoms with Crippen molar-refractivity contribution in [2.45, 2.75) is 70.1 Å². The Balaban J connectivity index is 1.55. The highest BCUT2D eigenvalue weighted by Crippen LogP contribution is 2.31. The molecule has 4 heteroatoms. The lowest BCUT2D eigenvalue weighted by Crippen LogP contribution is -2.45. The molecule has 1 aliphatic carbocycles. The van der Waals surface area contributed by atoms with Crippen molar-refractivity contribution in [2.75, 3.05) is 19.6 Å². The summed E-state index contributed by atoms with van der Waals surface area (Å²) < 4.78 is 0. The first-order chi connectivity index (χ1) is 9.13. The van der Waals surface area contributed by atoms with Crippen LogP contribution in [0.3, 0.4) is 0 Å². The Labute approximate surface area is 116 Å². The maximum atomic E-state index is 11.9. The number of rotatable bonds is 4. The highest BCUT2D eigenvalue weighted by molar-refractivity contribution is 5.78. The van der Waals surface area contributed by atoms with Crippen LogP contribution in [0.5, 0.6) is 0 Å². The van der Waals surface area contributed by atoms with E-state index in [0.717, 1.165) is 19.1 Å². The number of fused-ring (bicyclic) bond motifs is 2. The molecule has 3 fully saturated rings. The molecule has 0 spiro atoms. The molecule has 2 atom stereocenters. The van der Waals surface area contributed by atoms with Gasteiger partial charge < -0.3 is 5.32 Å². The molecule has 108 valence electrons. The Hall–Kier alpha value is -0.610. The van der Waals surface area contributed by atoms with Gasteiger partial charge in [-0.15, -0.1) is 0 Å².